The van der Waals surface area contributed by atoms with Gasteiger partial charge in [0.05, 0.1) is 12.3 Å². The van der Waals surface area contributed by atoms with Gasteiger partial charge in [-0.05, 0) is 12.1 Å². The number of aryl methyl sites for hydroxylation is 1. The third-order valence-electron chi connectivity index (χ3n) is 3.18. The lowest BCUT2D eigenvalue weighted by Crippen LogP contribution is -2.03. The summed E-state index contributed by atoms with van der Waals surface area (Å²) >= 11 is 0. The van der Waals surface area contributed by atoms with E-state index in [0.717, 1.165) is 22.3 Å². The van der Waals surface area contributed by atoms with Crippen LogP contribution in [0, 0.1) is 0 Å². The first-order valence-corrected chi connectivity index (χ1v) is 6.49. The van der Waals surface area contributed by atoms with E-state index in [-0.39, 0.29) is 0 Å². The quantitative estimate of drug-likeness (QED) is 0.787. The summed E-state index contributed by atoms with van der Waals surface area (Å²) in [5, 5.41) is 5.38. The van der Waals surface area contributed by atoms with E-state index in [2.05, 4.69) is 10.1 Å². The van der Waals surface area contributed by atoms with Crippen molar-refractivity contribution in [2.75, 3.05) is 12.3 Å². The molecule has 0 aliphatic rings. The minimum absolute atomic E-state index is 0.548. The Bertz CT molecular complexity index is 711. The zero-order valence-corrected chi connectivity index (χ0v) is 11.3. The number of hydrogen-bond donors (Lipinski definition) is 1. The number of fused-ring (bicyclic) bond motifs is 1. The molecular weight excluding hydrogens is 252 g/mol. The predicted molar refractivity (Wildman–Crippen MR) is 78.6 cm³/mol. The Balaban J connectivity index is 1.71. The average molecular weight is 268 g/mol. The molecule has 0 radical (unpaired) electrons. The molecule has 0 aliphatic carbocycles. The highest BCUT2D eigenvalue weighted by Crippen LogP contribution is 2.23. The first kappa shape index (κ1) is 12.5. The number of ether oxygens (including phenoxy) is 1. The topological polar surface area (TPSA) is 66.0 Å². The number of rotatable bonds is 4. The maximum absolute atomic E-state index is 5.82. The normalized spacial score (nSPS) is 10.8. The van der Waals surface area contributed by atoms with Crippen molar-refractivity contribution in [3.05, 3.63) is 48.3 Å². The molecule has 0 unspecified atom stereocenters. The molecule has 0 saturated carbocycles. The summed E-state index contributed by atoms with van der Waals surface area (Å²) in [6.45, 7) is 0.548. The highest BCUT2D eigenvalue weighted by molar-refractivity contribution is 5.84. The van der Waals surface area contributed by atoms with Crippen molar-refractivity contribution in [1.29, 1.82) is 0 Å². The van der Waals surface area contributed by atoms with E-state index in [1.165, 1.54) is 0 Å². The molecule has 3 rings (SSSR count). The van der Waals surface area contributed by atoms with Crippen LogP contribution in [0.2, 0.25) is 0 Å². The zero-order chi connectivity index (χ0) is 13.9. The second-order valence-corrected chi connectivity index (χ2v) is 4.61. The summed E-state index contributed by atoms with van der Waals surface area (Å²) in [7, 11) is 1.83. The van der Waals surface area contributed by atoms with E-state index >= 15 is 0 Å². The summed E-state index contributed by atoms with van der Waals surface area (Å²) in [4.78, 5) is 4.36. The molecule has 20 heavy (non-hydrogen) atoms. The lowest BCUT2D eigenvalue weighted by atomic mass is 10.2. The number of hydrogen-bond acceptors (Lipinski definition) is 4. The Labute approximate surface area is 117 Å². The van der Waals surface area contributed by atoms with Gasteiger partial charge < -0.3 is 10.5 Å². The fourth-order valence-electron chi connectivity index (χ4n) is 2.12. The molecule has 2 heterocycles. The third kappa shape index (κ3) is 2.42. The highest BCUT2D eigenvalue weighted by Gasteiger charge is 2.05. The maximum atomic E-state index is 5.82. The molecule has 2 aromatic heterocycles. The van der Waals surface area contributed by atoms with Gasteiger partial charge in [0.1, 0.15) is 17.1 Å². The van der Waals surface area contributed by atoms with Crippen molar-refractivity contribution in [1.82, 2.24) is 14.8 Å². The Kier molecular flexibility index (Phi) is 3.25. The van der Waals surface area contributed by atoms with Crippen LogP contribution in [0.25, 0.3) is 10.9 Å². The van der Waals surface area contributed by atoms with Gasteiger partial charge in [0.15, 0.2) is 0 Å². The fraction of sp³-hybridized carbons (Fsp3) is 0.200. The molecule has 3 aromatic rings. The van der Waals surface area contributed by atoms with Gasteiger partial charge >= 0.3 is 0 Å². The SMILES string of the molecule is Cn1nc(CCOc2cccc3cccnc23)cc1N. The van der Waals surface area contributed by atoms with E-state index in [9.17, 15) is 0 Å². The molecule has 0 spiro atoms. The molecule has 2 N–H and O–H groups in total. The van der Waals surface area contributed by atoms with Crippen LogP contribution in [0.4, 0.5) is 5.82 Å². The van der Waals surface area contributed by atoms with E-state index in [1.54, 1.807) is 10.9 Å². The zero-order valence-electron chi connectivity index (χ0n) is 11.3. The van der Waals surface area contributed by atoms with Gasteiger partial charge in [0, 0.05) is 31.1 Å². The number of pyridine rings is 1. The summed E-state index contributed by atoms with van der Waals surface area (Å²) in [5.41, 5.74) is 7.56. The minimum Gasteiger partial charge on any atom is -0.491 e. The van der Waals surface area contributed by atoms with Gasteiger partial charge in [-0.15, -0.1) is 0 Å². The number of benzene rings is 1. The van der Waals surface area contributed by atoms with Crippen LogP contribution in [0.5, 0.6) is 5.75 Å². The van der Waals surface area contributed by atoms with E-state index in [4.69, 9.17) is 10.5 Å². The Morgan fingerprint density at radius 2 is 2.10 bits per heavy atom. The van der Waals surface area contributed by atoms with E-state index in [1.807, 2.05) is 43.4 Å². The molecule has 0 fully saturated rings. The van der Waals surface area contributed by atoms with Gasteiger partial charge in [-0.1, -0.05) is 18.2 Å². The monoisotopic (exact) mass is 268 g/mol. The van der Waals surface area contributed by atoms with E-state index < -0.39 is 0 Å². The van der Waals surface area contributed by atoms with Crippen molar-refractivity contribution >= 4 is 16.7 Å². The smallest absolute Gasteiger partial charge is 0.145 e. The van der Waals surface area contributed by atoms with Crippen LogP contribution in [0.3, 0.4) is 0 Å². The molecule has 0 amide bonds. The van der Waals surface area contributed by atoms with E-state index in [0.29, 0.717) is 18.8 Å². The van der Waals surface area contributed by atoms with Crippen molar-refractivity contribution in [3.8, 4) is 5.75 Å². The van der Waals surface area contributed by atoms with Gasteiger partial charge in [-0.3, -0.25) is 9.67 Å². The summed E-state index contributed by atoms with van der Waals surface area (Å²) in [5.74, 6) is 1.46. The number of aromatic nitrogens is 3. The highest BCUT2D eigenvalue weighted by atomic mass is 16.5. The molecule has 0 aliphatic heterocycles. The molecule has 102 valence electrons. The van der Waals surface area contributed by atoms with Gasteiger partial charge in [-0.2, -0.15) is 5.10 Å². The molecule has 0 bridgehead atoms. The Hall–Kier alpha value is -2.56. The maximum Gasteiger partial charge on any atom is 0.145 e. The summed E-state index contributed by atoms with van der Waals surface area (Å²) < 4.78 is 7.48. The van der Waals surface area contributed by atoms with Crippen LogP contribution in [0.15, 0.2) is 42.6 Å². The van der Waals surface area contributed by atoms with Gasteiger partial charge in [-0.25, -0.2) is 0 Å². The van der Waals surface area contributed by atoms with Crippen molar-refractivity contribution < 1.29 is 4.74 Å². The van der Waals surface area contributed by atoms with Crippen LogP contribution >= 0.6 is 0 Å². The van der Waals surface area contributed by atoms with Gasteiger partial charge in [0.25, 0.3) is 0 Å². The molecule has 0 atom stereocenters. The Morgan fingerprint density at radius 3 is 2.90 bits per heavy atom. The second-order valence-electron chi connectivity index (χ2n) is 4.61. The molecule has 5 heteroatoms. The lowest BCUT2D eigenvalue weighted by molar-refractivity contribution is 0.323. The fourth-order valence-corrected chi connectivity index (χ4v) is 2.12. The second kappa shape index (κ2) is 5.21. The summed E-state index contributed by atoms with van der Waals surface area (Å²) in [6.07, 6.45) is 2.49. The van der Waals surface area contributed by atoms with Crippen molar-refractivity contribution in [2.45, 2.75) is 6.42 Å². The van der Waals surface area contributed by atoms with Gasteiger partial charge in [0.2, 0.25) is 0 Å². The average Bonchev–Trinajstić information content (AvgIpc) is 2.78. The first-order chi connectivity index (χ1) is 9.74. The number of nitrogens with zero attached hydrogens (tertiary/aromatic N) is 3. The van der Waals surface area contributed by atoms with Crippen LogP contribution in [0.1, 0.15) is 5.69 Å². The van der Waals surface area contributed by atoms with Crippen molar-refractivity contribution in [2.24, 2.45) is 7.05 Å². The molecule has 1 aromatic carbocycles. The predicted octanol–water partition coefficient (Wildman–Crippen LogP) is 2.17. The third-order valence-corrected chi connectivity index (χ3v) is 3.18. The number of nitrogens with two attached hydrogens (primary N) is 1. The number of anilines is 1. The largest absolute Gasteiger partial charge is 0.491 e. The first-order valence-electron chi connectivity index (χ1n) is 6.49. The van der Waals surface area contributed by atoms with Crippen LogP contribution in [-0.2, 0) is 13.5 Å². The minimum atomic E-state index is 0.548. The lowest BCUT2D eigenvalue weighted by Gasteiger charge is -2.07. The Morgan fingerprint density at radius 1 is 1.25 bits per heavy atom. The number of nitrogen functional groups attached to an aromatic ring is 1. The molecule has 5 nitrogen and oxygen atoms in total. The standard InChI is InChI=1S/C15H16N4O/c1-19-14(16)10-12(18-19)7-9-20-13-6-2-4-11-5-3-8-17-15(11)13/h2-6,8,10H,7,9,16H2,1H3. The molecular formula is C15H16N4O. The summed E-state index contributed by atoms with van der Waals surface area (Å²) in [6, 6.07) is 11.7. The number of para-hydroxylation sites is 1. The van der Waals surface area contributed by atoms with Crippen LogP contribution < -0.4 is 10.5 Å². The van der Waals surface area contributed by atoms with Crippen molar-refractivity contribution in [3.63, 3.8) is 0 Å². The molecule has 0 saturated heterocycles. The van der Waals surface area contributed by atoms with Crippen LogP contribution in [-0.4, -0.2) is 21.4 Å².